The maximum absolute atomic E-state index is 12.5. The van der Waals surface area contributed by atoms with Crippen LogP contribution in [0.25, 0.3) is 22.1 Å². The minimum atomic E-state index is 0.0620. The molecule has 4 rings (SSSR count). The summed E-state index contributed by atoms with van der Waals surface area (Å²) in [5.41, 5.74) is 0.955. The van der Waals surface area contributed by atoms with Gasteiger partial charge in [-0.15, -0.1) is 0 Å². The van der Waals surface area contributed by atoms with Crippen molar-refractivity contribution in [3.8, 4) is 11.3 Å². The molecule has 0 saturated carbocycles. The topological polar surface area (TPSA) is 71.3 Å². The van der Waals surface area contributed by atoms with Crippen LogP contribution in [0.2, 0.25) is 0 Å². The first-order valence-corrected chi connectivity index (χ1v) is 8.90. The fourth-order valence-corrected chi connectivity index (χ4v) is 3.36. The van der Waals surface area contributed by atoms with Crippen molar-refractivity contribution in [2.75, 3.05) is 25.5 Å². The average Bonchev–Trinajstić information content (AvgIpc) is 3.08. The average molecular weight is 350 g/mol. The second-order valence-electron chi connectivity index (χ2n) is 6.94. The van der Waals surface area contributed by atoms with Gasteiger partial charge in [-0.3, -0.25) is 4.79 Å². The zero-order valence-corrected chi connectivity index (χ0v) is 15.0. The van der Waals surface area contributed by atoms with Gasteiger partial charge in [-0.05, 0) is 50.5 Å². The maximum atomic E-state index is 12.5. The zero-order valence-electron chi connectivity index (χ0n) is 15.0. The van der Waals surface area contributed by atoms with Crippen molar-refractivity contribution < 1.29 is 9.21 Å². The fraction of sp³-hybridized carbons (Fsp3) is 0.350. The SMILES string of the molecule is Cc1ncc(-c2ccc3cnc(NC(=O)C4CCN(C)CC4)cc3c2)o1. The molecule has 0 atom stereocenters. The van der Waals surface area contributed by atoms with Gasteiger partial charge in [0.15, 0.2) is 11.7 Å². The Morgan fingerprint density at radius 2 is 1.96 bits per heavy atom. The lowest BCUT2D eigenvalue weighted by atomic mass is 9.96. The van der Waals surface area contributed by atoms with E-state index in [4.69, 9.17) is 4.42 Å². The number of oxazole rings is 1. The number of benzene rings is 1. The number of amides is 1. The van der Waals surface area contributed by atoms with Crippen molar-refractivity contribution in [2.45, 2.75) is 19.8 Å². The van der Waals surface area contributed by atoms with Gasteiger partial charge in [-0.2, -0.15) is 0 Å². The molecule has 6 nitrogen and oxygen atoms in total. The quantitative estimate of drug-likeness (QED) is 0.783. The number of carbonyl (C=O) groups is 1. The van der Waals surface area contributed by atoms with Crippen LogP contribution < -0.4 is 5.32 Å². The molecule has 2 aromatic heterocycles. The third-order valence-corrected chi connectivity index (χ3v) is 4.97. The molecule has 0 aliphatic carbocycles. The van der Waals surface area contributed by atoms with Crippen LogP contribution in [-0.2, 0) is 4.79 Å². The van der Waals surface area contributed by atoms with Crippen molar-refractivity contribution in [3.63, 3.8) is 0 Å². The van der Waals surface area contributed by atoms with E-state index >= 15 is 0 Å². The second kappa shape index (κ2) is 6.88. The number of aromatic nitrogens is 2. The molecule has 134 valence electrons. The van der Waals surface area contributed by atoms with Crippen LogP contribution in [0.5, 0.6) is 0 Å². The maximum Gasteiger partial charge on any atom is 0.228 e. The Morgan fingerprint density at radius 3 is 2.69 bits per heavy atom. The van der Waals surface area contributed by atoms with E-state index in [1.165, 1.54) is 0 Å². The minimum Gasteiger partial charge on any atom is -0.441 e. The molecule has 0 bridgehead atoms. The molecule has 1 aromatic carbocycles. The van der Waals surface area contributed by atoms with Crippen LogP contribution in [0, 0.1) is 12.8 Å². The molecule has 1 amide bonds. The molecule has 0 radical (unpaired) electrons. The highest BCUT2D eigenvalue weighted by molar-refractivity contribution is 5.94. The highest BCUT2D eigenvalue weighted by Gasteiger charge is 2.23. The predicted molar refractivity (Wildman–Crippen MR) is 101 cm³/mol. The normalized spacial score (nSPS) is 16.1. The first-order valence-electron chi connectivity index (χ1n) is 8.90. The van der Waals surface area contributed by atoms with E-state index < -0.39 is 0 Å². The van der Waals surface area contributed by atoms with Gasteiger partial charge in [0.2, 0.25) is 5.91 Å². The molecule has 0 unspecified atom stereocenters. The van der Waals surface area contributed by atoms with Gasteiger partial charge < -0.3 is 14.6 Å². The standard InChI is InChI=1S/C20H22N4O2/c1-13-21-12-18(26-13)15-3-4-16-11-22-19(10-17(16)9-15)23-20(25)14-5-7-24(2)8-6-14/h3-4,9-12,14H,5-8H2,1-2H3,(H,22,23,25). The Kier molecular flexibility index (Phi) is 4.42. The van der Waals surface area contributed by atoms with E-state index in [1.54, 1.807) is 12.4 Å². The summed E-state index contributed by atoms with van der Waals surface area (Å²) >= 11 is 0. The lowest BCUT2D eigenvalue weighted by molar-refractivity contribution is -0.121. The number of fused-ring (bicyclic) bond motifs is 1. The number of nitrogens with one attached hydrogen (secondary N) is 1. The molecule has 1 aliphatic rings. The van der Waals surface area contributed by atoms with Gasteiger partial charge in [0.25, 0.3) is 0 Å². The molecule has 1 fully saturated rings. The smallest absolute Gasteiger partial charge is 0.228 e. The number of nitrogens with zero attached hydrogens (tertiary/aromatic N) is 3. The predicted octanol–water partition coefficient (Wildman–Crippen LogP) is 3.48. The Balaban J connectivity index is 1.55. The van der Waals surface area contributed by atoms with E-state index in [2.05, 4.69) is 27.2 Å². The lowest BCUT2D eigenvalue weighted by Gasteiger charge is -2.27. The van der Waals surface area contributed by atoms with Crippen LogP contribution in [0.4, 0.5) is 5.82 Å². The van der Waals surface area contributed by atoms with Crippen molar-refractivity contribution >= 4 is 22.5 Å². The highest BCUT2D eigenvalue weighted by atomic mass is 16.4. The zero-order chi connectivity index (χ0) is 18.1. The minimum absolute atomic E-state index is 0.0620. The fourth-order valence-electron chi connectivity index (χ4n) is 3.36. The Labute approximate surface area is 152 Å². The van der Waals surface area contributed by atoms with E-state index in [1.807, 2.05) is 31.2 Å². The number of rotatable bonds is 3. The lowest BCUT2D eigenvalue weighted by Crippen LogP contribution is -2.36. The summed E-state index contributed by atoms with van der Waals surface area (Å²) in [6.07, 6.45) is 5.30. The van der Waals surface area contributed by atoms with Gasteiger partial charge in [0.05, 0.1) is 6.20 Å². The molecule has 0 spiro atoms. The molecular weight excluding hydrogens is 328 g/mol. The molecule has 1 saturated heterocycles. The second-order valence-corrected chi connectivity index (χ2v) is 6.94. The van der Waals surface area contributed by atoms with Crippen molar-refractivity contribution in [1.82, 2.24) is 14.9 Å². The molecule has 26 heavy (non-hydrogen) atoms. The van der Waals surface area contributed by atoms with Crippen molar-refractivity contribution in [3.05, 3.63) is 42.5 Å². The van der Waals surface area contributed by atoms with E-state index in [0.717, 1.165) is 48.0 Å². The van der Waals surface area contributed by atoms with Crippen LogP contribution in [0.3, 0.4) is 0 Å². The molecule has 6 heteroatoms. The Hall–Kier alpha value is -2.73. The van der Waals surface area contributed by atoms with Crippen LogP contribution in [-0.4, -0.2) is 40.9 Å². The summed E-state index contributed by atoms with van der Waals surface area (Å²) in [4.78, 5) is 23.3. The Morgan fingerprint density at radius 1 is 1.15 bits per heavy atom. The summed E-state index contributed by atoms with van der Waals surface area (Å²) in [7, 11) is 2.09. The molecule has 3 aromatic rings. The summed E-state index contributed by atoms with van der Waals surface area (Å²) in [5, 5.41) is 5.00. The number of pyridine rings is 1. The van der Waals surface area contributed by atoms with Gasteiger partial charge in [0, 0.05) is 30.0 Å². The Bertz CT molecular complexity index is 942. The number of carbonyl (C=O) groups excluding carboxylic acids is 1. The van der Waals surface area contributed by atoms with Gasteiger partial charge in [-0.25, -0.2) is 9.97 Å². The number of hydrogen-bond acceptors (Lipinski definition) is 5. The third-order valence-electron chi connectivity index (χ3n) is 4.97. The highest BCUT2D eigenvalue weighted by Crippen LogP contribution is 2.26. The first-order chi connectivity index (χ1) is 12.6. The van der Waals surface area contributed by atoms with E-state index in [9.17, 15) is 4.79 Å². The summed E-state index contributed by atoms with van der Waals surface area (Å²) in [6, 6.07) is 7.93. The monoisotopic (exact) mass is 350 g/mol. The summed E-state index contributed by atoms with van der Waals surface area (Å²) in [5.74, 6) is 2.09. The van der Waals surface area contributed by atoms with Gasteiger partial charge >= 0.3 is 0 Å². The van der Waals surface area contributed by atoms with Crippen molar-refractivity contribution in [2.24, 2.45) is 5.92 Å². The van der Waals surface area contributed by atoms with Crippen LogP contribution >= 0.6 is 0 Å². The molecule has 1 aliphatic heterocycles. The molecule has 3 heterocycles. The number of likely N-dealkylation sites (tertiary alicyclic amines) is 1. The van der Waals surface area contributed by atoms with E-state index in [-0.39, 0.29) is 11.8 Å². The summed E-state index contributed by atoms with van der Waals surface area (Å²) in [6.45, 7) is 3.75. The van der Waals surface area contributed by atoms with E-state index in [0.29, 0.717) is 11.7 Å². The van der Waals surface area contributed by atoms with Crippen LogP contribution in [0.1, 0.15) is 18.7 Å². The number of anilines is 1. The molecule has 1 N–H and O–H groups in total. The number of aryl methyl sites for hydroxylation is 1. The summed E-state index contributed by atoms with van der Waals surface area (Å²) < 4.78 is 5.60. The first kappa shape index (κ1) is 16.7. The molecular formula is C20H22N4O2. The van der Waals surface area contributed by atoms with Gasteiger partial charge in [0.1, 0.15) is 5.82 Å². The number of hydrogen-bond donors (Lipinski definition) is 1. The van der Waals surface area contributed by atoms with Crippen molar-refractivity contribution in [1.29, 1.82) is 0 Å². The largest absolute Gasteiger partial charge is 0.441 e. The van der Waals surface area contributed by atoms with Crippen LogP contribution in [0.15, 0.2) is 41.1 Å². The van der Waals surface area contributed by atoms with Gasteiger partial charge in [-0.1, -0.05) is 12.1 Å². The third kappa shape index (κ3) is 3.46. The number of piperidine rings is 1.